The van der Waals surface area contributed by atoms with Crippen LogP contribution in [0.15, 0.2) is 46.1 Å². The highest BCUT2D eigenvalue weighted by Crippen LogP contribution is 2.24. The molecule has 1 amide bonds. The lowest BCUT2D eigenvalue weighted by molar-refractivity contribution is -0.122. The van der Waals surface area contributed by atoms with E-state index in [-0.39, 0.29) is 35.8 Å². The molecule has 1 aliphatic rings. The first-order valence-corrected chi connectivity index (χ1v) is 10.2. The van der Waals surface area contributed by atoms with Gasteiger partial charge in [-0.25, -0.2) is 9.98 Å². The molecule has 0 aliphatic carbocycles. The van der Waals surface area contributed by atoms with E-state index in [2.05, 4.69) is 20.5 Å². The highest BCUT2D eigenvalue weighted by atomic mass is 127. The number of anilines is 1. The molecule has 0 aromatic carbocycles. The third kappa shape index (κ3) is 6.89. The number of furan rings is 1. The Morgan fingerprint density at radius 1 is 1.37 bits per heavy atom. The average molecular weight is 526 g/mol. The number of carbonyl (C=O) groups excluding carboxylic acids is 1. The van der Waals surface area contributed by atoms with Crippen LogP contribution in [-0.2, 0) is 17.8 Å². The van der Waals surface area contributed by atoms with Gasteiger partial charge in [0.2, 0.25) is 5.91 Å². The van der Waals surface area contributed by atoms with Gasteiger partial charge in [0.25, 0.3) is 0 Å². The number of pyridine rings is 1. The van der Waals surface area contributed by atoms with E-state index < -0.39 is 0 Å². The lowest BCUT2D eigenvalue weighted by atomic mass is 9.97. The van der Waals surface area contributed by atoms with Gasteiger partial charge in [-0.05, 0) is 38.0 Å². The van der Waals surface area contributed by atoms with Gasteiger partial charge in [0.1, 0.15) is 11.6 Å². The molecule has 0 saturated carbocycles. The summed E-state index contributed by atoms with van der Waals surface area (Å²) in [4.78, 5) is 23.1. The monoisotopic (exact) mass is 526 g/mol. The Morgan fingerprint density at radius 2 is 2.23 bits per heavy atom. The fraction of sp³-hybridized carbons (Fsp3) is 0.476. The summed E-state index contributed by atoms with van der Waals surface area (Å²) in [5, 5.41) is 6.60. The van der Waals surface area contributed by atoms with Gasteiger partial charge >= 0.3 is 0 Å². The van der Waals surface area contributed by atoms with Gasteiger partial charge in [0.15, 0.2) is 5.96 Å². The summed E-state index contributed by atoms with van der Waals surface area (Å²) in [5.41, 5.74) is 6.56. The van der Waals surface area contributed by atoms with Crippen molar-refractivity contribution < 1.29 is 9.21 Å². The maximum absolute atomic E-state index is 11.6. The minimum Gasteiger partial charge on any atom is -0.469 e. The summed E-state index contributed by atoms with van der Waals surface area (Å²) < 4.78 is 5.37. The molecule has 3 rings (SSSR count). The molecular weight excluding hydrogens is 495 g/mol. The molecule has 1 saturated heterocycles. The van der Waals surface area contributed by atoms with E-state index in [0.717, 1.165) is 62.0 Å². The number of nitrogens with one attached hydrogen (secondary N) is 2. The topological polar surface area (TPSA) is 109 Å². The molecule has 1 aliphatic heterocycles. The molecule has 4 N–H and O–H groups in total. The zero-order valence-electron chi connectivity index (χ0n) is 17.3. The molecule has 0 bridgehead atoms. The minimum atomic E-state index is -0.236. The quantitative estimate of drug-likeness (QED) is 0.277. The second-order valence-electron chi connectivity index (χ2n) is 7.12. The van der Waals surface area contributed by atoms with E-state index in [1.807, 2.05) is 31.2 Å². The zero-order chi connectivity index (χ0) is 20.5. The number of nitrogens with zero attached hydrogens (tertiary/aromatic N) is 3. The predicted molar refractivity (Wildman–Crippen MR) is 129 cm³/mol. The maximum atomic E-state index is 11.6. The second-order valence-corrected chi connectivity index (χ2v) is 7.12. The van der Waals surface area contributed by atoms with Crippen LogP contribution in [0.3, 0.4) is 0 Å². The van der Waals surface area contributed by atoms with Crippen molar-refractivity contribution in [3.8, 4) is 0 Å². The minimum absolute atomic E-state index is 0. The first-order valence-electron chi connectivity index (χ1n) is 10.2. The lowest BCUT2D eigenvalue weighted by Crippen LogP contribution is -2.42. The molecule has 0 spiro atoms. The van der Waals surface area contributed by atoms with E-state index in [9.17, 15) is 4.79 Å². The first kappa shape index (κ1) is 24.0. The molecule has 1 unspecified atom stereocenters. The van der Waals surface area contributed by atoms with Crippen molar-refractivity contribution in [3.05, 3.63) is 48.0 Å². The molecule has 1 fully saturated rings. The van der Waals surface area contributed by atoms with Crippen molar-refractivity contribution >= 4 is 41.7 Å². The lowest BCUT2D eigenvalue weighted by Gasteiger charge is -2.33. The van der Waals surface area contributed by atoms with Gasteiger partial charge in [-0.1, -0.05) is 6.07 Å². The number of primary amides is 1. The number of halogens is 1. The molecule has 164 valence electrons. The van der Waals surface area contributed by atoms with Crippen molar-refractivity contribution in [2.45, 2.75) is 32.7 Å². The van der Waals surface area contributed by atoms with Gasteiger partial charge < -0.3 is 25.7 Å². The van der Waals surface area contributed by atoms with Gasteiger partial charge in [-0.15, -0.1) is 24.0 Å². The Morgan fingerprint density at radius 3 is 2.97 bits per heavy atom. The summed E-state index contributed by atoms with van der Waals surface area (Å²) >= 11 is 0. The number of aromatic nitrogens is 1. The van der Waals surface area contributed by atoms with Gasteiger partial charge in [0, 0.05) is 44.4 Å². The SMILES string of the molecule is CCNC(=NCc1cccnc1N1CCCC(C(N)=O)C1)NCCc1ccco1.I. The maximum Gasteiger partial charge on any atom is 0.222 e. The fourth-order valence-corrected chi connectivity index (χ4v) is 3.51. The Labute approximate surface area is 194 Å². The third-order valence-electron chi connectivity index (χ3n) is 4.99. The highest BCUT2D eigenvalue weighted by Gasteiger charge is 2.25. The molecular formula is C21H31IN6O2. The van der Waals surface area contributed by atoms with Crippen molar-refractivity contribution in [3.63, 3.8) is 0 Å². The molecule has 8 nitrogen and oxygen atoms in total. The van der Waals surface area contributed by atoms with E-state index in [0.29, 0.717) is 13.1 Å². The normalized spacial score (nSPS) is 16.6. The van der Waals surface area contributed by atoms with E-state index in [1.54, 1.807) is 12.5 Å². The van der Waals surface area contributed by atoms with Crippen LogP contribution in [0.4, 0.5) is 5.82 Å². The Balaban J connectivity index is 0.00000320. The van der Waals surface area contributed by atoms with Crippen LogP contribution in [0.1, 0.15) is 31.1 Å². The smallest absolute Gasteiger partial charge is 0.222 e. The summed E-state index contributed by atoms with van der Waals surface area (Å²) in [6, 6.07) is 7.81. The number of rotatable bonds is 8. The van der Waals surface area contributed by atoms with Crippen LogP contribution in [0.2, 0.25) is 0 Å². The first-order chi connectivity index (χ1) is 14.2. The van der Waals surface area contributed by atoms with E-state index in [4.69, 9.17) is 15.1 Å². The Bertz CT molecular complexity index is 812. The van der Waals surface area contributed by atoms with Gasteiger partial charge in [-0.2, -0.15) is 0 Å². The number of aliphatic imine (C=N–C) groups is 1. The Hall–Kier alpha value is -2.30. The molecule has 2 aromatic rings. The summed E-state index contributed by atoms with van der Waals surface area (Å²) in [5.74, 6) is 2.22. The molecule has 3 heterocycles. The van der Waals surface area contributed by atoms with E-state index >= 15 is 0 Å². The van der Waals surface area contributed by atoms with Gasteiger partial charge in [0.05, 0.1) is 18.7 Å². The summed E-state index contributed by atoms with van der Waals surface area (Å²) in [6.07, 6.45) is 6.03. The van der Waals surface area contributed by atoms with Crippen LogP contribution in [-0.4, -0.2) is 43.0 Å². The predicted octanol–water partition coefficient (Wildman–Crippen LogP) is 2.29. The second kappa shape index (κ2) is 12.4. The van der Waals surface area contributed by atoms with Crippen LogP contribution in [0, 0.1) is 5.92 Å². The summed E-state index contributed by atoms with van der Waals surface area (Å²) in [6.45, 7) is 5.53. The third-order valence-corrected chi connectivity index (χ3v) is 4.99. The van der Waals surface area contributed by atoms with Crippen molar-refractivity contribution in [2.75, 3.05) is 31.1 Å². The zero-order valence-corrected chi connectivity index (χ0v) is 19.7. The number of nitrogens with two attached hydrogens (primary N) is 1. The number of piperidine rings is 1. The number of hydrogen-bond donors (Lipinski definition) is 3. The van der Waals surface area contributed by atoms with Crippen molar-refractivity contribution in [2.24, 2.45) is 16.6 Å². The van der Waals surface area contributed by atoms with E-state index in [1.165, 1.54) is 0 Å². The largest absolute Gasteiger partial charge is 0.469 e. The number of amides is 1. The van der Waals surface area contributed by atoms with Gasteiger partial charge in [-0.3, -0.25) is 4.79 Å². The van der Waals surface area contributed by atoms with Crippen molar-refractivity contribution in [1.82, 2.24) is 15.6 Å². The van der Waals surface area contributed by atoms with Crippen LogP contribution in [0.25, 0.3) is 0 Å². The summed E-state index contributed by atoms with van der Waals surface area (Å²) in [7, 11) is 0. The average Bonchev–Trinajstić information content (AvgIpc) is 3.26. The highest BCUT2D eigenvalue weighted by molar-refractivity contribution is 14.0. The van der Waals surface area contributed by atoms with Crippen LogP contribution >= 0.6 is 24.0 Å². The fourth-order valence-electron chi connectivity index (χ4n) is 3.51. The molecule has 2 aromatic heterocycles. The number of hydrogen-bond acceptors (Lipinski definition) is 5. The number of guanidine groups is 1. The molecule has 0 radical (unpaired) electrons. The van der Waals surface area contributed by atoms with Crippen molar-refractivity contribution in [1.29, 1.82) is 0 Å². The Kier molecular flexibility index (Phi) is 9.92. The standard InChI is InChI=1S/C21H30N6O2.HI/c1-2-23-21(25-11-9-18-8-5-13-29-18)26-14-16-6-3-10-24-20(16)27-12-4-7-17(15-27)19(22)28;/h3,5-6,8,10,13,17H,2,4,7,9,11-12,14-15H2,1H3,(H2,22,28)(H2,23,25,26);1H. The number of carbonyl (C=O) groups is 1. The molecule has 30 heavy (non-hydrogen) atoms. The van der Waals surface area contributed by atoms with Crippen LogP contribution < -0.4 is 21.3 Å². The van der Waals surface area contributed by atoms with Crippen LogP contribution in [0.5, 0.6) is 0 Å². The molecule has 1 atom stereocenters. The molecule has 9 heteroatoms.